The number of nitrogens with one attached hydrogen (secondary N) is 2. The molecule has 0 aliphatic carbocycles. The highest BCUT2D eigenvalue weighted by Crippen LogP contribution is 2.41. The lowest BCUT2D eigenvalue weighted by Gasteiger charge is -2.37. The lowest BCUT2D eigenvalue weighted by atomic mass is 9.93. The fourth-order valence-electron chi connectivity index (χ4n) is 4.03. The molecule has 3 heterocycles. The standard InChI is InChI=1S/C21H20N2O4/c1-11-26-21(27-11)16-9-22-19-18(16)15-8-14(5-6-17(15)23-20(19)25)13-4-2-3-12(7-13)10-24/h2-8,11,16,21-22,24H,9-10H2,1H3,(H,23,25). The van der Waals surface area contributed by atoms with Crippen LogP contribution in [0.25, 0.3) is 22.0 Å². The molecule has 1 atom stereocenters. The van der Waals surface area contributed by atoms with E-state index in [1.54, 1.807) is 0 Å². The van der Waals surface area contributed by atoms with Crippen LogP contribution in [0.1, 0.15) is 24.0 Å². The zero-order valence-electron chi connectivity index (χ0n) is 14.9. The zero-order chi connectivity index (χ0) is 18.5. The number of H-pyrrole nitrogens is 1. The summed E-state index contributed by atoms with van der Waals surface area (Å²) in [6.45, 7) is 2.48. The van der Waals surface area contributed by atoms with Crippen molar-refractivity contribution in [3.63, 3.8) is 0 Å². The Morgan fingerprint density at radius 1 is 1.15 bits per heavy atom. The molecular formula is C21H20N2O4. The smallest absolute Gasteiger partial charge is 0.272 e. The van der Waals surface area contributed by atoms with Gasteiger partial charge in [0, 0.05) is 23.0 Å². The van der Waals surface area contributed by atoms with E-state index in [0.29, 0.717) is 12.2 Å². The van der Waals surface area contributed by atoms with Crippen molar-refractivity contribution in [2.45, 2.75) is 32.0 Å². The Kier molecular flexibility index (Phi) is 3.79. The number of benzene rings is 2. The van der Waals surface area contributed by atoms with Gasteiger partial charge in [0.25, 0.3) is 5.56 Å². The van der Waals surface area contributed by atoms with Gasteiger partial charge in [0.2, 0.25) is 0 Å². The lowest BCUT2D eigenvalue weighted by Crippen LogP contribution is -2.43. The van der Waals surface area contributed by atoms with Gasteiger partial charge < -0.3 is 24.9 Å². The van der Waals surface area contributed by atoms with Gasteiger partial charge in [-0.2, -0.15) is 0 Å². The SMILES string of the molecule is CC1OC(C2CNc3c2c2cc(-c4cccc(CO)c4)ccc2[nH]c3=O)O1. The van der Waals surface area contributed by atoms with Crippen molar-refractivity contribution < 1.29 is 14.6 Å². The molecule has 1 unspecified atom stereocenters. The molecule has 1 fully saturated rings. The second-order valence-corrected chi connectivity index (χ2v) is 7.06. The number of fused-ring (bicyclic) bond motifs is 3. The highest BCUT2D eigenvalue weighted by atomic mass is 16.9. The van der Waals surface area contributed by atoms with Crippen LogP contribution in [0.4, 0.5) is 5.69 Å². The highest BCUT2D eigenvalue weighted by Gasteiger charge is 2.41. The molecule has 1 saturated heterocycles. The molecule has 27 heavy (non-hydrogen) atoms. The van der Waals surface area contributed by atoms with Gasteiger partial charge in [-0.15, -0.1) is 0 Å². The number of hydrogen-bond donors (Lipinski definition) is 3. The minimum atomic E-state index is -0.333. The van der Waals surface area contributed by atoms with E-state index in [1.807, 2.05) is 43.3 Å². The first kappa shape index (κ1) is 16.5. The Hall–Kier alpha value is -2.67. The lowest BCUT2D eigenvalue weighted by molar-refractivity contribution is -0.381. The fourth-order valence-corrected chi connectivity index (χ4v) is 4.03. The van der Waals surface area contributed by atoms with E-state index >= 15 is 0 Å². The van der Waals surface area contributed by atoms with Crippen LogP contribution in [0.5, 0.6) is 0 Å². The Labute approximate surface area is 155 Å². The minimum Gasteiger partial charge on any atom is -0.392 e. The molecule has 0 spiro atoms. The maximum absolute atomic E-state index is 12.5. The number of aliphatic hydroxyl groups is 1. The topological polar surface area (TPSA) is 83.6 Å². The first-order chi connectivity index (χ1) is 13.1. The average Bonchev–Trinajstić information content (AvgIpc) is 3.11. The van der Waals surface area contributed by atoms with Crippen LogP contribution in [0.3, 0.4) is 0 Å². The molecule has 2 aliphatic rings. The van der Waals surface area contributed by atoms with Gasteiger partial charge in [-0.05, 0) is 41.8 Å². The normalized spacial score (nSPS) is 23.7. The van der Waals surface area contributed by atoms with E-state index in [1.165, 1.54) is 0 Å². The van der Waals surface area contributed by atoms with E-state index in [2.05, 4.69) is 16.4 Å². The van der Waals surface area contributed by atoms with E-state index in [9.17, 15) is 9.90 Å². The second-order valence-electron chi connectivity index (χ2n) is 7.06. The van der Waals surface area contributed by atoms with Gasteiger partial charge in [0.05, 0.1) is 12.5 Å². The summed E-state index contributed by atoms with van der Waals surface area (Å²) < 4.78 is 11.4. The highest BCUT2D eigenvalue weighted by molar-refractivity contribution is 5.92. The molecule has 5 rings (SSSR count). The maximum Gasteiger partial charge on any atom is 0.272 e. The van der Waals surface area contributed by atoms with Crippen LogP contribution in [0, 0.1) is 0 Å². The van der Waals surface area contributed by atoms with Crippen molar-refractivity contribution in [2.24, 2.45) is 0 Å². The average molecular weight is 364 g/mol. The Morgan fingerprint density at radius 3 is 2.74 bits per heavy atom. The van der Waals surface area contributed by atoms with E-state index in [4.69, 9.17) is 9.47 Å². The van der Waals surface area contributed by atoms with Gasteiger partial charge in [-0.3, -0.25) is 4.79 Å². The summed E-state index contributed by atoms with van der Waals surface area (Å²) in [7, 11) is 0. The predicted octanol–water partition coefficient (Wildman–Crippen LogP) is 2.92. The predicted molar refractivity (Wildman–Crippen MR) is 103 cm³/mol. The maximum atomic E-state index is 12.5. The second kappa shape index (κ2) is 6.20. The Bertz CT molecular complexity index is 1090. The van der Waals surface area contributed by atoms with Crippen molar-refractivity contribution in [3.05, 3.63) is 63.9 Å². The molecule has 2 aromatic carbocycles. The number of aromatic amines is 1. The van der Waals surface area contributed by atoms with Crippen LogP contribution in [-0.4, -0.2) is 29.2 Å². The number of aromatic nitrogens is 1. The molecule has 2 aliphatic heterocycles. The van der Waals surface area contributed by atoms with Crippen molar-refractivity contribution in [1.82, 2.24) is 4.98 Å². The minimum absolute atomic E-state index is 0.00464. The van der Waals surface area contributed by atoms with Gasteiger partial charge in [0.1, 0.15) is 5.69 Å². The number of pyridine rings is 1. The van der Waals surface area contributed by atoms with E-state index in [-0.39, 0.29) is 30.7 Å². The number of rotatable bonds is 3. The summed E-state index contributed by atoms with van der Waals surface area (Å²) in [6, 6.07) is 13.8. The van der Waals surface area contributed by atoms with Gasteiger partial charge in [-0.25, -0.2) is 0 Å². The van der Waals surface area contributed by atoms with Crippen molar-refractivity contribution in [3.8, 4) is 11.1 Å². The number of ether oxygens (including phenoxy) is 2. The summed E-state index contributed by atoms with van der Waals surface area (Å²) in [5, 5.41) is 13.6. The van der Waals surface area contributed by atoms with Crippen LogP contribution in [0.15, 0.2) is 47.3 Å². The molecule has 0 saturated carbocycles. The molecule has 3 N–H and O–H groups in total. The summed E-state index contributed by atoms with van der Waals surface area (Å²) in [5.74, 6) is -0.0278. The molecule has 0 amide bonds. The molecular weight excluding hydrogens is 344 g/mol. The van der Waals surface area contributed by atoms with E-state index < -0.39 is 0 Å². The number of hydrogen-bond acceptors (Lipinski definition) is 5. The van der Waals surface area contributed by atoms with Crippen molar-refractivity contribution in [1.29, 1.82) is 0 Å². The monoisotopic (exact) mass is 364 g/mol. The molecule has 6 nitrogen and oxygen atoms in total. The third-order valence-electron chi connectivity index (χ3n) is 5.35. The first-order valence-electron chi connectivity index (χ1n) is 9.09. The Morgan fingerprint density at radius 2 is 1.96 bits per heavy atom. The van der Waals surface area contributed by atoms with Gasteiger partial charge >= 0.3 is 0 Å². The molecule has 1 aromatic heterocycles. The quantitative estimate of drug-likeness (QED) is 0.666. The molecule has 3 aromatic rings. The summed E-state index contributed by atoms with van der Waals surface area (Å²) in [5.41, 5.74) is 5.14. The number of anilines is 1. The van der Waals surface area contributed by atoms with Crippen LogP contribution in [0.2, 0.25) is 0 Å². The van der Waals surface area contributed by atoms with Gasteiger partial charge in [0.15, 0.2) is 12.6 Å². The third kappa shape index (κ3) is 2.65. The van der Waals surface area contributed by atoms with E-state index in [0.717, 1.165) is 33.2 Å². The Balaban J connectivity index is 1.67. The summed E-state index contributed by atoms with van der Waals surface area (Å²) in [4.78, 5) is 15.4. The largest absolute Gasteiger partial charge is 0.392 e. The molecule has 138 valence electrons. The summed E-state index contributed by atoms with van der Waals surface area (Å²) in [6.07, 6.45) is -0.538. The van der Waals surface area contributed by atoms with Crippen LogP contribution >= 0.6 is 0 Å². The van der Waals surface area contributed by atoms with Crippen molar-refractivity contribution >= 4 is 16.6 Å². The first-order valence-corrected chi connectivity index (χ1v) is 9.09. The molecule has 0 bridgehead atoms. The molecule has 6 heteroatoms. The third-order valence-corrected chi connectivity index (χ3v) is 5.35. The van der Waals surface area contributed by atoms with Crippen LogP contribution in [-0.2, 0) is 16.1 Å². The summed E-state index contributed by atoms with van der Waals surface area (Å²) >= 11 is 0. The van der Waals surface area contributed by atoms with Gasteiger partial charge in [-0.1, -0.05) is 24.3 Å². The van der Waals surface area contributed by atoms with Crippen molar-refractivity contribution in [2.75, 3.05) is 11.9 Å². The fraction of sp³-hybridized carbons (Fsp3) is 0.286. The number of aliphatic hydroxyl groups excluding tert-OH is 1. The zero-order valence-corrected chi connectivity index (χ0v) is 14.9. The van der Waals surface area contributed by atoms with Crippen LogP contribution < -0.4 is 10.9 Å². The molecule has 0 radical (unpaired) electrons.